The predicted octanol–water partition coefficient (Wildman–Crippen LogP) is 2.89. The monoisotopic (exact) mass is 341 g/mol. The summed E-state index contributed by atoms with van der Waals surface area (Å²) in [4.78, 5) is 28.7. The number of aromatic nitrogens is 2. The third-order valence-corrected chi connectivity index (χ3v) is 2.85. The fourth-order valence-electron chi connectivity index (χ4n) is 1.69. The van der Waals surface area contributed by atoms with Crippen molar-refractivity contribution in [2.45, 2.75) is 6.42 Å². The molecule has 0 atom stereocenters. The highest BCUT2D eigenvalue weighted by Gasteiger charge is 2.04. The Kier molecular flexibility index (Phi) is 8.08. The van der Waals surface area contributed by atoms with E-state index in [2.05, 4.69) is 21.9 Å². The summed E-state index contributed by atoms with van der Waals surface area (Å²) in [6.45, 7) is 3.54. The van der Waals surface area contributed by atoms with E-state index in [1.165, 1.54) is 12.1 Å². The molecule has 7 nitrogen and oxygen atoms in total. The fraction of sp³-hybridized carbons (Fsp3) is 0.111. The van der Waals surface area contributed by atoms with Crippen LogP contribution in [0.5, 0.6) is 0 Å². The molecule has 2 aromatic rings. The molecule has 0 bridgehead atoms. The maximum absolute atomic E-state index is 10.6. The predicted molar refractivity (Wildman–Crippen MR) is 95.0 cm³/mol. The highest BCUT2D eigenvalue weighted by Crippen LogP contribution is 2.03. The van der Waals surface area contributed by atoms with E-state index in [0.29, 0.717) is 12.2 Å². The van der Waals surface area contributed by atoms with Gasteiger partial charge in [-0.2, -0.15) is 0 Å². The first-order valence-corrected chi connectivity index (χ1v) is 7.32. The Morgan fingerprint density at radius 3 is 2.24 bits per heavy atom. The zero-order valence-corrected chi connectivity index (χ0v) is 13.7. The van der Waals surface area contributed by atoms with E-state index in [4.69, 9.17) is 10.2 Å². The van der Waals surface area contributed by atoms with Crippen LogP contribution in [-0.2, 0) is 6.42 Å². The average Bonchev–Trinajstić information content (AvgIpc) is 2.63. The summed E-state index contributed by atoms with van der Waals surface area (Å²) in [5, 5.41) is 19.9. The van der Waals surface area contributed by atoms with Crippen molar-refractivity contribution in [3.8, 4) is 0 Å². The Morgan fingerprint density at radius 2 is 1.68 bits per heavy atom. The van der Waals surface area contributed by atoms with Crippen LogP contribution in [0.2, 0.25) is 0 Å². The van der Waals surface area contributed by atoms with E-state index in [9.17, 15) is 9.59 Å². The van der Waals surface area contributed by atoms with Crippen LogP contribution >= 0.6 is 0 Å². The standard InChI is InChI=1S/C11H11NO2.C7H8N2O2/c1-2-3-4-6-9-7-5-8-10(12-9)11(13)14;1-8-6-4-2-3-5(9-6)7(10)11/h2-5,7-8H,1,6H2,(H,13,14);2-4H,1H3,(H,8,9)(H,10,11)/b4-3-;. The van der Waals surface area contributed by atoms with Gasteiger partial charge >= 0.3 is 11.9 Å². The number of carbonyl (C=O) groups is 2. The Morgan fingerprint density at radius 1 is 1.08 bits per heavy atom. The summed E-state index contributed by atoms with van der Waals surface area (Å²) >= 11 is 0. The zero-order valence-electron chi connectivity index (χ0n) is 13.7. The second-order valence-electron chi connectivity index (χ2n) is 4.65. The van der Waals surface area contributed by atoms with E-state index in [1.807, 2.05) is 6.08 Å². The quantitative estimate of drug-likeness (QED) is 0.692. The van der Waals surface area contributed by atoms with Gasteiger partial charge in [0.05, 0.1) is 0 Å². The second-order valence-corrected chi connectivity index (χ2v) is 4.65. The maximum Gasteiger partial charge on any atom is 0.354 e. The van der Waals surface area contributed by atoms with Gasteiger partial charge in [0.15, 0.2) is 5.69 Å². The molecule has 0 spiro atoms. The summed E-state index contributed by atoms with van der Waals surface area (Å²) in [6, 6.07) is 9.74. The summed E-state index contributed by atoms with van der Waals surface area (Å²) in [5.74, 6) is -1.45. The van der Waals surface area contributed by atoms with Crippen LogP contribution < -0.4 is 5.32 Å². The van der Waals surface area contributed by atoms with Crippen molar-refractivity contribution in [3.63, 3.8) is 0 Å². The first-order valence-electron chi connectivity index (χ1n) is 7.32. The van der Waals surface area contributed by atoms with Crippen molar-refractivity contribution in [3.05, 3.63) is 78.3 Å². The summed E-state index contributed by atoms with van der Waals surface area (Å²) in [7, 11) is 1.69. The Balaban J connectivity index is 0.000000257. The molecule has 0 fully saturated rings. The number of anilines is 1. The highest BCUT2D eigenvalue weighted by molar-refractivity contribution is 5.85. The third kappa shape index (κ3) is 7.08. The topological polar surface area (TPSA) is 112 Å². The summed E-state index contributed by atoms with van der Waals surface area (Å²) in [6.07, 6.45) is 5.96. The lowest BCUT2D eigenvalue weighted by Crippen LogP contribution is -2.02. The van der Waals surface area contributed by atoms with Gasteiger partial charge in [0, 0.05) is 19.2 Å². The molecule has 0 amide bonds. The van der Waals surface area contributed by atoms with Crippen LogP contribution in [0.25, 0.3) is 0 Å². The van der Waals surface area contributed by atoms with Gasteiger partial charge < -0.3 is 15.5 Å². The number of hydrogen-bond donors (Lipinski definition) is 3. The Labute approximate surface area is 145 Å². The Bertz CT molecular complexity index is 772. The normalized spacial score (nSPS) is 9.80. The fourth-order valence-corrected chi connectivity index (χ4v) is 1.69. The number of aromatic carboxylic acids is 2. The number of rotatable bonds is 6. The lowest BCUT2D eigenvalue weighted by Gasteiger charge is -1.98. The second kappa shape index (κ2) is 10.3. The molecule has 0 aliphatic carbocycles. The smallest absolute Gasteiger partial charge is 0.354 e. The number of carboxylic acids is 2. The van der Waals surface area contributed by atoms with Crippen LogP contribution in [0.1, 0.15) is 26.7 Å². The molecule has 0 radical (unpaired) electrons. The lowest BCUT2D eigenvalue weighted by molar-refractivity contribution is 0.0680. The van der Waals surface area contributed by atoms with Crippen molar-refractivity contribution >= 4 is 17.8 Å². The molecule has 130 valence electrons. The molecular weight excluding hydrogens is 322 g/mol. The van der Waals surface area contributed by atoms with Crippen molar-refractivity contribution in [2.24, 2.45) is 0 Å². The van der Waals surface area contributed by atoms with Gasteiger partial charge in [-0.15, -0.1) is 0 Å². The minimum atomic E-state index is -1.01. The summed E-state index contributed by atoms with van der Waals surface area (Å²) < 4.78 is 0. The average molecular weight is 341 g/mol. The van der Waals surface area contributed by atoms with Crippen LogP contribution in [0.3, 0.4) is 0 Å². The molecule has 0 saturated heterocycles. The van der Waals surface area contributed by atoms with E-state index >= 15 is 0 Å². The molecular formula is C18H19N3O4. The number of allylic oxidation sites excluding steroid dienone is 3. The SMILES string of the molecule is C=C/C=C\Cc1cccc(C(=O)O)n1.CNc1cccc(C(=O)O)n1. The molecule has 2 aromatic heterocycles. The molecule has 0 aromatic carbocycles. The summed E-state index contributed by atoms with van der Waals surface area (Å²) in [5.41, 5.74) is 0.870. The zero-order chi connectivity index (χ0) is 18.7. The van der Waals surface area contributed by atoms with Crippen LogP contribution in [0, 0.1) is 0 Å². The minimum absolute atomic E-state index is 0.0526. The molecule has 0 unspecified atom stereocenters. The lowest BCUT2D eigenvalue weighted by atomic mass is 10.2. The molecule has 0 aliphatic rings. The largest absolute Gasteiger partial charge is 0.477 e. The van der Waals surface area contributed by atoms with Crippen molar-refractivity contribution in [1.29, 1.82) is 0 Å². The van der Waals surface area contributed by atoms with Gasteiger partial charge in [0.1, 0.15) is 11.5 Å². The van der Waals surface area contributed by atoms with E-state index in [1.54, 1.807) is 43.5 Å². The minimum Gasteiger partial charge on any atom is -0.477 e. The van der Waals surface area contributed by atoms with Gasteiger partial charge in [-0.1, -0.05) is 36.9 Å². The highest BCUT2D eigenvalue weighted by atomic mass is 16.4. The van der Waals surface area contributed by atoms with Gasteiger partial charge in [0.25, 0.3) is 0 Å². The van der Waals surface area contributed by atoms with E-state index in [0.717, 1.165) is 5.69 Å². The number of hydrogen-bond acceptors (Lipinski definition) is 5. The molecule has 7 heteroatoms. The van der Waals surface area contributed by atoms with Gasteiger partial charge in [0.2, 0.25) is 0 Å². The number of nitrogens with one attached hydrogen (secondary N) is 1. The van der Waals surface area contributed by atoms with E-state index < -0.39 is 11.9 Å². The molecule has 25 heavy (non-hydrogen) atoms. The van der Waals surface area contributed by atoms with Crippen LogP contribution in [0.4, 0.5) is 5.82 Å². The molecule has 2 rings (SSSR count). The van der Waals surface area contributed by atoms with Crippen molar-refractivity contribution in [2.75, 3.05) is 12.4 Å². The van der Waals surface area contributed by atoms with Crippen LogP contribution in [-0.4, -0.2) is 39.2 Å². The third-order valence-electron chi connectivity index (χ3n) is 2.85. The van der Waals surface area contributed by atoms with Crippen LogP contribution in [0.15, 0.2) is 61.2 Å². The first-order chi connectivity index (χ1) is 12.0. The van der Waals surface area contributed by atoms with Crippen molar-refractivity contribution < 1.29 is 19.8 Å². The molecule has 3 N–H and O–H groups in total. The molecule has 0 saturated carbocycles. The first kappa shape index (κ1) is 19.6. The molecule has 0 aliphatic heterocycles. The number of carboxylic acid groups (broad SMARTS) is 2. The van der Waals surface area contributed by atoms with Crippen molar-refractivity contribution in [1.82, 2.24) is 9.97 Å². The Hall–Kier alpha value is -3.48. The van der Waals surface area contributed by atoms with Gasteiger partial charge in [-0.05, 0) is 24.3 Å². The van der Waals surface area contributed by atoms with Gasteiger partial charge in [-0.3, -0.25) is 0 Å². The maximum atomic E-state index is 10.6. The number of nitrogens with zero attached hydrogens (tertiary/aromatic N) is 2. The molecule has 2 heterocycles. The van der Waals surface area contributed by atoms with E-state index in [-0.39, 0.29) is 11.4 Å². The van der Waals surface area contributed by atoms with Gasteiger partial charge in [-0.25, -0.2) is 19.6 Å². The number of pyridine rings is 2.